The number of nitrogens with zero attached hydrogens (tertiary/aromatic N) is 3. The van der Waals surface area contributed by atoms with E-state index in [0.717, 1.165) is 29.9 Å². The summed E-state index contributed by atoms with van der Waals surface area (Å²) in [6.45, 7) is 2.20. The quantitative estimate of drug-likeness (QED) is 0.814. The molecular weight excluding hydrogens is 254 g/mol. The van der Waals surface area contributed by atoms with Crippen molar-refractivity contribution in [3.05, 3.63) is 30.5 Å². The van der Waals surface area contributed by atoms with Gasteiger partial charge < -0.3 is 15.5 Å². The van der Waals surface area contributed by atoms with Crippen molar-refractivity contribution < 1.29 is 4.79 Å². The van der Waals surface area contributed by atoms with E-state index in [1.807, 2.05) is 29.2 Å². The van der Waals surface area contributed by atoms with Crippen molar-refractivity contribution in [3.8, 4) is 0 Å². The first-order valence-corrected chi connectivity index (χ1v) is 6.70. The summed E-state index contributed by atoms with van der Waals surface area (Å²) in [7, 11) is 1.65. The van der Waals surface area contributed by atoms with Gasteiger partial charge in [0.2, 0.25) is 5.91 Å². The fourth-order valence-electron chi connectivity index (χ4n) is 2.47. The molecule has 2 aromatic rings. The molecule has 1 amide bonds. The van der Waals surface area contributed by atoms with E-state index in [-0.39, 0.29) is 11.9 Å². The van der Waals surface area contributed by atoms with Gasteiger partial charge in [0.05, 0.1) is 17.2 Å². The predicted molar refractivity (Wildman–Crippen MR) is 77.6 cm³/mol. The molecule has 2 heterocycles. The molecule has 1 aliphatic rings. The summed E-state index contributed by atoms with van der Waals surface area (Å²) in [6.07, 6.45) is 1.74. The minimum Gasteiger partial charge on any atom is -0.357 e. The maximum absolute atomic E-state index is 12.0. The Labute approximate surface area is 117 Å². The number of amides is 1. The maximum Gasteiger partial charge on any atom is 0.243 e. The van der Waals surface area contributed by atoms with Crippen molar-refractivity contribution in [3.63, 3.8) is 0 Å². The topological polar surface area (TPSA) is 70.2 Å². The number of para-hydroxylation sites is 2. The number of anilines is 1. The minimum atomic E-state index is -0.246. The maximum atomic E-state index is 12.0. The van der Waals surface area contributed by atoms with Gasteiger partial charge in [0.1, 0.15) is 11.9 Å². The molecule has 1 fully saturated rings. The third kappa shape index (κ3) is 2.30. The van der Waals surface area contributed by atoms with Crippen LogP contribution >= 0.6 is 0 Å². The van der Waals surface area contributed by atoms with E-state index in [4.69, 9.17) is 0 Å². The van der Waals surface area contributed by atoms with Crippen LogP contribution < -0.4 is 15.5 Å². The monoisotopic (exact) mass is 271 g/mol. The summed E-state index contributed by atoms with van der Waals surface area (Å²) in [5.74, 6) is 0.742. The van der Waals surface area contributed by atoms with Crippen LogP contribution in [-0.4, -0.2) is 48.6 Å². The molecular formula is C14H17N5O. The Bertz CT molecular complexity index is 630. The van der Waals surface area contributed by atoms with E-state index < -0.39 is 0 Å². The summed E-state index contributed by atoms with van der Waals surface area (Å²) in [4.78, 5) is 23.0. The third-order valence-corrected chi connectivity index (χ3v) is 3.52. The summed E-state index contributed by atoms with van der Waals surface area (Å²) in [5, 5.41) is 5.94. The second-order valence-electron chi connectivity index (χ2n) is 4.74. The lowest BCUT2D eigenvalue weighted by Crippen LogP contribution is -2.57. The first-order chi connectivity index (χ1) is 9.79. The van der Waals surface area contributed by atoms with Gasteiger partial charge >= 0.3 is 0 Å². The molecule has 0 spiro atoms. The number of benzene rings is 1. The lowest BCUT2D eigenvalue weighted by atomic mass is 10.2. The number of piperazine rings is 1. The van der Waals surface area contributed by atoms with E-state index in [2.05, 4.69) is 20.6 Å². The molecule has 3 rings (SSSR count). The number of aromatic nitrogens is 2. The molecule has 1 atom stereocenters. The fraction of sp³-hybridized carbons (Fsp3) is 0.357. The molecule has 0 bridgehead atoms. The lowest BCUT2D eigenvalue weighted by molar-refractivity contribution is -0.122. The van der Waals surface area contributed by atoms with Crippen molar-refractivity contribution in [1.29, 1.82) is 0 Å². The standard InChI is InChI=1S/C14H17N5O/c1-15-14(20)12-8-16-6-7-19(12)13-9-17-10-4-2-3-5-11(10)18-13/h2-5,9,12,16H,6-8H2,1H3,(H,15,20). The first kappa shape index (κ1) is 12.8. The van der Waals surface area contributed by atoms with Gasteiger partial charge in [-0.2, -0.15) is 0 Å². The predicted octanol–water partition coefficient (Wildman–Crippen LogP) is 0.154. The van der Waals surface area contributed by atoms with Crippen molar-refractivity contribution >= 4 is 22.8 Å². The molecule has 0 saturated carbocycles. The van der Waals surface area contributed by atoms with Gasteiger partial charge in [0.15, 0.2) is 0 Å². The molecule has 104 valence electrons. The Balaban J connectivity index is 1.96. The highest BCUT2D eigenvalue weighted by Gasteiger charge is 2.29. The average Bonchev–Trinajstić information content (AvgIpc) is 2.53. The van der Waals surface area contributed by atoms with Crippen LogP contribution in [0.5, 0.6) is 0 Å². The molecule has 2 N–H and O–H groups in total. The third-order valence-electron chi connectivity index (χ3n) is 3.52. The zero-order chi connectivity index (χ0) is 13.9. The van der Waals surface area contributed by atoms with Gasteiger partial charge in [0, 0.05) is 26.7 Å². The number of hydrogen-bond donors (Lipinski definition) is 2. The number of fused-ring (bicyclic) bond motifs is 1. The number of carbonyl (C=O) groups excluding carboxylic acids is 1. The van der Waals surface area contributed by atoms with E-state index >= 15 is 0 Å². The summed E-state index contributed by atoms with van der Waals surface area (Å²) in [6, 6.07) is 7.50. The van der Waals surface area contributed by atoms with Crippen LogP contribution in [0, 0.1) is 0 Å². The number of carbonyl (C=O) groups is 1. The van der Waals surface area contributed by atoms with Gasteiger partial charge in [-0.15, -0.1) is 0 Å². The summed E-state index contributed by atoms with van der Waals surface area (Å²) in [5.41, 5.74) is 1.71. The highest BCUT2D eigenvalue weighted by Crippen LogP contribution is 2.18. The van der Waals surface area contributed by atoms with Crippen molar-refractivity contribution in [2.45, 2.75) is 6.04 Å². The van der Waals surface area contributed by atoms with Crippen LogP contribution in [0.4, 0.5) is 5.82 Å². The van der Waals surface area contributed by atoms with Crippen LogP contribution in [0.1, 0.15) is 0 Å². The number of hydrogen-bond acceptors (Lipinski definition) is 5. The van der Waals surface area contributed by atoms with Gasteiger partial charge in [-0.3, -0.25) is 9.78 Å². The smallest absolute Gasteiger partial charge is 0.243 e. The Hall–Kier alpha value is -2.21. The number of likely N-dealkylation sites (N-methyl/N-ethyl adjacent to an activating group) is 1. The largest absolute Gasteiger partial charge is 0.357 e. The molecule has 6 nitrogen and oxygen atoms in total. The van der Waals surface area contributed by atoms with Gasteiger partial charge in [-0.05, 0) is 12.1 Å². The van der Waals surface area contributed by atoms with Crippen LogP contribution in [-0.2, 0) is 4.79 Å². The molecule has 1 unspecified atom stereocenters. The molecule has 20 heavy (non-hydrogen) atoms. The van der Waals surface area contributed by atoms with Crippen LogP contribution in [0.15, 0.2) is 30.5 Å². The number of rotatable bonds is 2. The van der Waals surface area contributed by atoms with E-state index in [1.54, 1.807) is 13.2 Å². The van der Waals surface area contributed by atoms with Gasteiger partial charge in [-0.1, -0.05) is 12.1 Å². The highest BCUT2D eigenvalue weighted by atomic mass is 16.2. The average molecular weight is 271 g/mol. The minimum absolute atomic E-state index is 0.00726. The Morgan fingerprint density at radius 1 is 1.40 bits per heavy atom. The van der Waals surface area contributed by atoms with Crippen molar-refractivity contribution in [2.75, 3.05) is 31.6 Å². The normalized spacial score (nSPS) is 19.1. The Morgan fingerprint density at radius 3 is 3.00 bits per heavy atom. The zero-order valence-corrected chi connectivity index (χ0v) is 11.3. The molecule has 0 radical (unpaired) electrons. The lowest BCUT2D eigenvalue weighted by Gasteiger charge is -2.35. The van der Waals surface area contributed by atoms with Crippen molar-refractivity contribution in [1.82, 2.24) is 20.6 Å². The SMILES string of the molecule is CNC(=O)C1CNCCN1c1cnc2ccccc2n1. The second-order valence-corrected chi connectivity index (χ2v) is 4.74. The number of nitrogens with one attached hydrogen (secondary N) is 2. The molecule has 1 aromatic carbocycles. The first-order valence-electron chi connectivity index (χ1n) is 6.70. The van der Waals surface area contributed by atoms with Crippen LogP contribution in [0.2, 0.25) is 0 Å². The molecule has 1 aromatic heterocycles. The molecule has 6 heteroatoms. The summed E-state index contributed by atoms with van der Waals surface area (Å²) >= 11 is 0. The van der Waals surface area contributed by atoms with E-state index in [0.29, 0.717) is 6.54 Å². The highest BCUT2D eigenvalue weighted by molar-refractivity contribution is 5.85. The molecule has 1 saturated heterocycles. The van der Waals surface area contributed by atoms with Crippen LogP contribution in [0.3, 0.4) is 0 Å². The Morgan fingerprint density at radius 2 is 2.20 bits per heavy atom. The molecule has 1 aliphatic heterocycles. The van der Waals surface area contributed by atoms with E-state index in [1.165, 1.54) is 0 Å². The Kier molecular flexibility index (Phi) is 3.47. The van der Waals surface area contributed by atoms with E-state index in [9.17, 15) is 4.79 Å². The fourth-order valence-corrected chi connectivity index (χ4v) is 2.47. The summed E-state index contributed by atoms with van der Waals surface area (Å²) < 4.78 is 0. The zero-order valence-electron chi connectivity index (χ0n) is 11.3. The van der Waals surface area contributed by atoms with Crippen LogP contribution in [0.25, 0.3) is 11.0 Å². The molecule has 0 aliphatic carbocycles. The van der Waals surface area contributed by atoms with Crippen molar-refractivity contribution in [2.24, 2.45) is 0 Å². The van der Waals surface area contributed by atoms with Gasteiger partial charge in [-0.25, -0.2) is 4.98 Å². The van der Waals surface area contributed by atoms with Gasteiger partial charge in [0.25, 0.3) is 0 Å². The second kappa shape index (κ2) is 5.42.